The minimum absolute atomic E-state index is 0.249. The van der Waals surface area contributed by atoms with Crippen LogP contribution < -0.4 is 10.5 Å². The van der Waals surface area contributed by atoms with E-state index >= 15 is 0 Å². The van der Waals surface area contributed by atoms with Gasteiger partial charge in [0.25, 0.3) is 0 Å². The van der Waals surface area contributed by atoms with Crippen LogP contribution in [0.1, 0.15) is 72.3 Å². The van der Waals surface area contributed by atoms with E-state index in [9.17, 15) is 4.79 Å². The second-order valence-electron chi connectivity index (χ2n) is 12.7. The van der Waals surface area contributed by atoms with E-state index in [1.807, 2.05) is 16.8 Å². The molecule has 42 heavy (non-hydrogen) atoms. The van der Waals surface area contributed by atoms with Gasteiger partial charge < -0.3 is 15.2 Å². The first-order valence-electron chi connectivity index (χ1n) is 15.6. The van der Waals surface area contributed by atoms with E-state index in [1.54, 1.807) is 6.07 Å². The first-order chi connectivity index (χ1) is 20.6. The van der Waals surface area contributed by atoms with Crippen molar-refractivity contribution in [3.8, 4) is 17.0 Å². The molecule has 0 radical (unpaired) electrons. The van der Waals surface area contributed by atoms with Crippen LogP contribution >= 0.6 is 0 Å². The van der Waals surface area contributed by atoms with E-state index in [1.165, 1.54) is 43.2 Å². The molecule has 1 amide bonds. The van der Waals surface area contributed by atoms with Gasteiger partial charge in [-0.1, -0.05) is 30.7 Å². The predicted octanol–water partition coefficient (Wildman–Crippen LogP) is 5.89. The number of hydrogen-bond acceptors (Lipinski definition) is 5. The van der Waals surface area contributed by atoms with Crippen molar-refractivity contribution >= 4 is 16.8 Å². The lowest BCUT2D eigenvalue weighted by molar-refractivity contribution is -0.102. The Kier molecular flexibility index (Phi) is 6.53. The van der Waals surface area contributed by atoms with Crippen molar-refractivity contribution in [1.29, 1.82) is 0 Å². The zero-order valence-electron chi connectivity index (χ0n) is 24.0. The number of fused-ring (bicyclic) bond motifs is 3. The molecule has 4 fully saturated rings. The largest absolute Gasteiger partial charge is 0.490 e. The third-order valence-corrected chi connectivity index (χ3v) is 10.1. The highest BCUT2D eigenvalue weighted by Gasteiger charge is 2.46. The van der Waals surface area contributed by atoms with Crippen LogP contribution in [0, 0.1) is 0 Å². The Balaban J connectivity index is 1.03. The van der Waals surface area contributed by atoms with Crippen molar-refractivity contribution < 1.29 is 14.3 Å². The zero-order valence-corrected chi connectivity index (χ0v) is 24.0. The molecule has 7 nitrogen and oxygen atoms in total. The third kappa shape index (κ3) is 4.69. The van der Waals surface area contributed by atoms with E-state index in [2.05, 4.69) is 53.4 Å². The van der Waals surface area contributed by atoms with E-state index in [0.717, 1.165) is 59.9 Å². The van der Waals surface area contributed by atoms with Crippen LogP contribution in [0.3, 0.4) is 0 Å². The van der Waals surface area contributed by atoms with E-state index in [0.29, 0.717) is 30.2 Å². The molecule has 3 saturated heterocycles. The zero-order chi connectivity index (χ0) is 28.2. The van der Waals surface area contributed by atoms with Gasteiger partial charge in [0.2, 0.25) is 5.91 Å². The summed E-state index contributed by atoms with van der Waals surface area (Å²) in [6.45, 7) is 2.43. The highest BCUT2D eigenvalue weighted by Crippen LogP contribution is 2.40. The quantitative estimate of drug-likeness (QED) is 0.290. The summed E-state index contributed by atoms with van der Waals surface area (Å²) in [5.41, 5.74) is 11.6. The lowest BCUT2D eigenvalue weighted by atomic mass is 9.80. The lowest BCUT2D eigenvalue weighted by Gasteiger charge is -2.46. The SMILES string of the molecule is NC(=O)c1ccc2c(c1)c(-c1ccc(OC3CC4CCC(C3)N4C3COC3)cc1)nn2Cc1ccc(C2CCC2)cc1. The molecule has 4 heterocycles. The maximum Gasteiger partial charge on any atom is 0.248 e. The van der Waals surface area contributed by atoms with Crippen LogP contribution in [0.2, 0.25) is 0 Å². The van der Waals surface area contributed by atoms with Crippen molar-refractivity contribution in [2.24, 2.45) is 5.73 Å². The second kappa shape index (κ2) is 10.5. The number of benzene rings is 3. The molecular formula is C35H38N4O3. The van der Waals surface area contributed by atoms with E-state index in [4.69, 9.17) is 20.3 Å². The molecule has 216 valence electrons. The average molecular weight is 563 g/mol. The molecular weight excluding hydrogens is 524 g/mol. The van der Waals surface area contributed by atoms with Crippen molar-refractivity contribution in [3.63, 3.8) is 0 Å². The van der Waals surface area contributed by atoms with E-state index in [-0.39, 0.29) is 6.10 Å². The van der Waals surface area contributed by atoms with Crippen molar-refractivity contribution in [1.82, 2.24) is 14.7 Å². The number of carbonyl (C=O) groups excluding carboxylic acids is 1. The summed E-state index contributed by atoms with van der Waals surface area (Å²) in [7, 11) is 0. The predicted molar refractivity (Wildman–Crippen MR) is 163 cm³/mol. The fourth-order valence-corrected chi connectivity index (χ4v) is 7.61. The number of rotatable bonds is 8. The maximum atomic E-state index is 12.0. The molecule has 7 heteroatoms. The molecule has 2 N–H and O–H groups in total. The summed E-state index contributed by atoms with van der Waals surface area (Å²) in [4.78, 5) is 14.8. The monoisotopic (exact) mass is 562 g/mol. The molecule has 4 aliphatic rings. The number of ether oxygens (including phenoxy) is 2. The standard InChI is InChI=1S/C35H38N4O3/c36-35(40)26-10-15-33-32(16-26)34(37-38(33)19-22-4-6-24(7-5-22)23-2-1-3-23)25-8-13-30(14-9-25)42-31-17-27-11-12-28(18-31)39(27)29-20-41-21-29/h4-10,13-16,23,27-29,31H,1-3,11-12,17-21H2,(H2,36,40). The van der Waals surface area contributed by atoms with Gasteiger partial charge in [-0.15, -0.1) is 0 Å². The molecule has 2 atom stereocenters. The first-order valence-corrected chi connectivity index (χ1v) is 15.6. The van der Waals surface area contributed by atoms with Crippen molar-refractivity contribution in [3.05, 3.63) is 83.4 Å². The smallest absolute Gasteiger partial charge is 0.248 e. The highest BCUT2D eigenvalue weighted by molar-refractivity contribution is 6.01. The second-order valence-corrected chi connectivity index (χ2v) is 12.7. The van der Waals surface area contributed by atoms with E-state index < -0.39 is 5.91 Å². The molecule has 2 unspecified atom stereocenters. The highest BCUT2D eigenvalue weighted by atomic mass is 16.5. The maximum absolute atomic E-state index is 12.0. The Morgan fingerprint density at radius 3 is 2.26 bits per heavy atom. The number of hydrogen-bond donors (Lipinski definition) is 1. The fraction of sp³-hybridized carbons (Fsp3) is 0.429. The number of carbonyl (C=O) groups is 1. The van der Waals surface area contributed by atoms with Gasteiger partial charge in [0.05, 0.1) is 31.3 Å². The Labute approximate surface area is 246 Å². The first kappa shape index (κ1) is 26.0. The van der Waals surface area contributed by atoms with Gasteiger partial charge in [-0.3, -0.25) is 14.4 Å². The molecule has 1 aliphatic carbocycles. The molecule has 8 rings (SSSR count). The molecule has 4 aromatic rings. The van der Waals surface area contributed by atoms with Crippen LogP contribution in [0.4, 0.5) is 0 Å². The van der Waals surface area contributed by atoms with Gasteiger partial charge >= 0.3 is 0 Å². The summed E-state index contributed by atoms with van der Waals surface area (Å²) < 4.78 is 14.0. The van der Waals surface area contributed by atoms with Crippen LogP contribution in [-0.4, -0.2) is 58.0 Å². The number of nitrogens with zero attached hydrogens (tertiary/aromatic N) is 3. The van der Waals surface area contributed by atoms with Gasteiger partial charge in [0.15, 0.2) is 0 Å². The topological polar surface area (TPSA) is 82.6 Å². The number of amides is 1. The Morgan fingerprint density at radius 1 is 0.905 bits per heavy atom. The Morgan fingerprint density at radius 2 is 1.64 bits per heavy atom. The minimum atomic E-state index is -0.434. The van der Waals surface area contributed by atoms with Crippen LogP contribution in [-0.2, 0) is 11.3 Å². The molecule has 0 spiro atoms. The van der Waals surface area contributed by atoms with Gasteiger partial charge in [-0.2, -0.15) is 5.10 Å². The van der Waals surface area contributed by atoms with Crippen molar-refractivity contribution in [2.75, 3.05) is 13.2 Å². The molecule has 3 aromatic carbocycles. The summed E-state index contributed by atoms with van der Waals surface area (Å²) >= 11 is 0. The number of primary amides is 1. The Bertz CT molecular complexity index is 1590. The third-order valence-electron chi connectivity index (χ3n) is 10.1. The van der Waals surface area contributed by atoms with Crippen molar-refractivity contribution in [2.45, 2.75) is 81.6 Å². The fourth-order valence-electron chi connectivity index (χ4n) is 7.61. The molecule has 2 bridgehead atoms. The summed E-state index contributed by atoms with van der Waals surface area (Å²) in [5, 5.41) is 5.99. The normalized spacial score (nSPS) is 24.4. The van der Waals surface area contributed by atoms with Gasteiger partial charge in [0.1, 0.15) is 17.5 Å². The number of aromatic nitrogens is 2. The van der Waals surface area contributed by atoms with Gasteiger partial charge in [-0.25, -0.2) is 0 Å². The molecule has 3 aliphatic heterocycles. The lowest BCUT2D eigenvalue weighted by Crippen LogP contribution is -2.57. The Hall–Kier alpha value is -3.68. The molecule has 1 aromatic heterocycles. The minimum Gasteiger partial charge on any atom is -0.490 e. The van der Waals surface area contributed by atoms with Crippen LogP contribution in [0.15, 0.2) is 66.7 Å². The van der Waals surface area contributed by atoms with Crippen LogP contribution in [0.25, 0.3) is 22.2 Å². The number of piperidine rings is 1. The summed E-state index contributed by atoms with van der Waals surface area (Å²) in [6.07, 6.45) is 8.90. The average Bonchev–Trinajstić information content (AvgIpc) is 3.41. The summed E-state index contributed by atoms with van der Waals surface area (Å²) in [5.74, 6) is 1.19. The van der Waals surface area contributed by atoms with Gasteiger partial charge in [0, 0.05) is 28.6 Å². The molecule has 1 saturated carbocycles. The van der Waals surface area contributed by atoms with Crippen LogP contribution in [0.5, 0.6) is 5.75 Å². The number of nitrogens with two attached hydrogens (primary N) is 1. The van der Waals surface area contributed by atoms with Gasteiger partial charge in [-0.05, 0) is 98.0 Å². The summed E-state index contributed by atoms with van der Waals surface area (Å²) in [6, 6.07) is 24.7.